The van der Waals surface area contributed by atoms with Crippen LogP contribution < -0.4 is 5.32 Å². The Kier molecular flexibility index (Phi) is 2.67. The molecule has 3 rings (SSSR count). The summed E-state index contributed by atoms with van der Waals surface area (Å²) in [6.07, 6.45) is 0. The Labute approximate surface area is 110 Å². The number of aryl methyl sites for hydroxylation is 1. The topological polar surface area (TPSA) is 59.8 Å². The molecule has 5 heteroatoms. The van der Waals surface area contributed by atoms with Crippen LogP contribution in [0.4, 0.5) is 5.82 Å². The van der Waals surface area contributed by atoms with Crippen molar-refractivity contribution in [2.24, 2.45) is 0 Å². The first-order valence-electron chi connectivity index (χ1n) is 6.23. The van der Waals surface area contributed by atoms with Crippen LogP contribution >= 0.6 is 0 Å². The summed E-state index contributed by atoms with van der Waals surface area (Å²) in [5.74, 6) is 0.443. The molecule has 1 N–H and O–H groups in total. The number of nitrogens with zero attached hydrogens (tertiary/aromatic N) is 3. The van der Waals surface area contributed by atoms with Crippen molar-refractivity contribution < 1.29 is 4.79 Å². The molecule has 0 unspecified atom stereocenters. The van der Waals surface area contributed by atoms with E-state index in [2.05, 4.69) is 15.4 Å². The fraction of sp³-hybridized carbons (Fsp3) is 0.214. The highest BCUT2D eigenvalue weighted by atomic mass is 16.1. The number of carbonyl (C=O) groups is 1. The zero-order valence-electron chi connectivity index (χ0n) is 10.8. The highest BCUT2D eigenvalue weighted by Gasteiger charge is 2.13. The zero-order chi connectivity index (χ0) is 13.4. The minimum absolute atomic E-state index is 0.129. The van der Waals surface area contributed by atoms with E-state index in [9.17, 15) is 4.79 Å². The van der Waals surface area contributed by atoms with Crippen molar-refractivity contribution in [1.29, 1.82) is 0 Å². The van der Waals surface area contributed by atoms with Crippen molar-refractivity contribution in [1.82, 2.24) is 14.8 Å². The summed E-state index contributed by atoms with van der Waals surface area (Å²) < 4.78 is 1.80. The molecule has 0 aliphatic carbocycles. The van der Waals surface area contributed by atoms with Gasteiger partial charge in [0, 0.05) is 18.9 Å². The molecule has 0 bridgehead atoms. The van der Waals surface area contributed by atoms with Crippen molar-refractivity contribution in [2.75, 3.05) is 5.32 Å². The molecule has 3 aromatic rings. The average molecular weight is 254 g/mol. The van der Waals surface area contributed by atoms with Crippen LogP contribution in [0.15, 0.2) is 30.3 Å². The summed E-state index contributed by atoms with van der Waals surface area (Å²) in [5.41, 5.74) is 1.73. The number of rotatable bonds is 2. The van der Waals surface area contributed by atoms with Crippen LogP contribution in [0.5, 0.6) is 0 Å². The largest absolute Gasteiger partial charge is 0.309 e. The van der Waals surface area contributed by atoms with E-state index in [1.54, 1.807) is 4.68 Å². The van der Waals surface area contributed by atoms with E-state index in [0.29, 0.717) is 12.4 Å². The van der Waals surface area contributed by atoms with Gasteiger partial charge in [0.25, 0.3) is 0 Å². The van der Waals surface area contributed by atoms with Crippen molar-refractivity contribution in [3.05, 3.63) is 30.3 Å². The Morgan fingerprint density at radius 3 is 2.89 bits per heavy atom. The monoisotopic (exact) mass is 254 g/mol. The van der Waals surface area contributed by atoms with E-state index in [1.807, 2.05) is 37.3 Å². The number of pyridine rings is 1. The fourth-order valence-electron chi connectivity index (χ4n) is 2.18. The number of nitrogens with one attached hydrogen (secondary N) is 1. The van der Waals surface area contributed by atoms with Crippen LogP contribution in [0.2, 0.25) is 0 Å². The van der Waals surface area contributed by atoms with Crippen LogP contribution in [-0.4, -0.2) is 20.7 Å². The van der Waals surface area contributed by atoms with E-state index >= 15 is 0 Å². The number of benzene rings is 1. The Balaban J connectivity index is 2.33. The van der Waals surface area contributed by atoms with Crippen LogP contribution in [0.3, 0.4) is 0 Å². The van der Waals surface area contributed by atoms with E-state index in [0.717, 1.165) is 21.9 Å². The Morgan fingerprint density at radius 2 is 2.16 bits per heavy atom. The van der Waals surface area contributed by atoms with E-state index in [-0.39, 0.29) is 5.91 Å². The molecule has 1 amide bonds. The fourth-order valence-corrected chi connectivity index (χ4v) is 2.18. The third-order valence-corrected chi connectivity index (χ3v) is 3.02. The van der Waals surface area contributed by atoms with E-state index in [4.69, 9.17) is 0 Å². The second-order valence-corrected chi connectivity index (χ2v) is 4.40. The molecule has 0 fully saturated rings. The van der Waals surface area contributed by atoms with Crippen LogP contribution in [0.25, 0.3) is 21.9 Å². The normalized spacial score (nSPS) is 11.1. The summed E-state index contributed by atoms with van der Waals surface area (Å²) >= 11 is 0. The lowest BCUT2D eigenvalue weighted by molar-refractivity contribution is -0.114. The third kappa shape index (κ3) is 1.93. The molecule has 0 saturated carbocycles. The molecule has 1 aromatic carbocycles. The van der Waals surface area contributed by atoms with Gasteiger partial charge in [-0.25, -0.2) is 9.67 Å². The van der Waals surface area contributed by atoms with Crippen LogP contribution in [-0.2, 0) is 11.3 Å². The third-order valence-electron chi connectivity index (χ3n) is 3.02. The molecule has 19 heavy (non-hydrogen) atoms. The standard InChI is InChI=1S/C14H14N4O/c1-3-18-14-11(13(17-18)15-9(2)19)8-10-6-4-5-7-12(10)16-14/h4-8H,3H2,1-2H3,(H,15,17,19). The van der Waals surface area contributed by atoms with Gasteiger partial charge in [-0.05, 0) is 19.1 Å². The van der Waals surface area contributed by atoms with Gasteiger partial charge in [-0.15, -0.1) is 0 Å². The molecule has 0 aliphatic heterocycles. The molecule has 0 atom stereocenters. The number of fused-ring (bicyclic) bond motifs is 2. The van der Waals surface area contributed by atoms with Crippen molar-refractivity contribution in [2.45, 2.75) is 20.4 Å². The summed E-state index contributed by atoms with van der Waals surface area (Å²) in [4.78, 5) is 15.9. The first kappa shape index (κ1) is 11.6. The van der Waals surface area contributed by atoms with Gasteiger partial charge in [0.1, 0.15) is 0 Å². The molecular weight excluding hydrogens is 240 g/mol. The maximum absolute atomic E-state index is 11.2. The number of anilines is 1. The maximum atomic E-state index is 11.2. The molecule has 0 spiro atoms. The number of amides is 1. The zero-order valence-corrected chi connectivity index (χ0v) is 10.8. The first-order valence-corrected chi connectivity index (χ1v) is 6.23. The smallest absolute Gasteiger partial charge is 0.222 e. The second-order valence-electron chi connectivity index (χ2n) is 4.40. The molecular formula is C14H14N4O. The molecule has 2 aromatic heterocycles. The van der Waals surface area contributed by atoms with Gasteiger partial charge >= 0.3 is 0 Å². The van der Waals surface area contributed by atoms with E-state index in [1.165, 1.54) is 6.92 Å². The highest BCUT2D eigenvalue weighted by Crippen LogP contribution is 2.25. The quantitative estimate of drug-likeness (QED) is 0.764. The summed E-state index contributed by atoms with van der Waals surface area (Å²) in [6.45, 7) is 4.19. The molecule has 5 nitrogen and oxygen atoms in total. The molecule has 2 heterocycles. The minimum atomic E-state index is -0.129. The van der Waals surface area contributed by atoms with Gasteiger partial charge in [-0.2, -0.15) is 5.10 Å². The van der Waals surface area contributed by atoms with Gasteiger partial charge in [0.05, 0.1) is 10.9 Å². The number of hydrogen-bond acceptors (Lipinski definition) is 3. The Morgan fingerprint density at radius 1 is 1.37 bits per heavy atom. The Hall–Kier alpha value is -2.43. The molecule has 0 radical (unpaired) electrons. The summed E-state index contributed by atoms with van der Waals surface area (Å²) in [5, 5.41) is 9.06. The van der Waals surface area contributed by atoms with Gasteiger partial charge in [-0.1, -0.05) is 18.2 Å². The first-order chi connectivity index (χ1) is 9.19. The van der Waals surface area contributed by atoms with Gasteiger partial charge < -0.3 is 5.32 Å². The SMILES string of the molecule is CCn1nc(NC(C)=O)c2cc3ccccc3nc21. The summed E-state index contributed by atoms with van der Waals surface area (Å²) in [7, 11) is 0. The number of aromatic nitrogens is 3. The second kappa shape index (κ2) is 4.35. The van der Waals surface area contributed by atoms with Crippen molar-refractivity contribution in [3.63, 3.8) is 0 Å². The molecule has 0 saturated heterocycles. The van der Waals surface area contributed by atoms with Gasteiger partial charge in [0.2, 0.25) is 5.91 Å². The lowest BCUT2D eigenvalue weighted by atomic mass is 10.2. The van der Waals surface area contributed by atoms with Gasteiger partial charge in [0.15, 0.2) is 11.5 Å². The lowest BCUT2D eigenvalue weighted by Crippen LogP contribution is -2.07. The highest BCUT2D eigenvalue weighted by molar-refractivity contribution is 6.02. The number of hydrogen-bond donors (Lipinski definition) is 1. The minimum Gasteiger partial charge on any atom is -0.309 e. The van der Waals surface area contributed by atoms with Gasteiger partial charge in [-0.3, -0.25) is 4.79 Å². The van der Waals surface area contributed by atoms with Crippen LogP contribution in [0, 0.1) is 0 Å². The predicted octanol–water partition coefficient (Wildman–Crippen LogP) is 2.56. The average Bonchev–Trinajstić information content (AvgIpc) is 2.73. The molecule has 96 valence electrons. The lowest BCUT2D eigenvalue weighted by Gasteiger charge is -2.00. The molecule has 0 aliphatic rings. The van der Waals surface area contributed by atoms with Crippen molar-refractivity contribution in [3.8, 4) is 0 Å². The number of para-hydroxylation sites is 1. The maximum Gasteiger partial charge on any atom is 0.222 e. The Bertz CT molecular complexity index is 776. The predicted molar refractivity (Wildman–Crippen MR) is 75.0 cm³/mol. The van der Waals surface area contributed by atoms with Crippen molar-refractivity contribution >= 4 is 33.7 Å². The number of carbonyl (C=O) groups excluding carboxylic acids is 1. The summed E-state index contributed by atoms with van der Waals surface area (Å²) in [6, 6.07) is 9.92. The van der Waals surface area contributed by atoms with E-state index < -0.39 is 0 Å². The van der Waals surface area contributed by atoms with Crippen LogP contribution in [0.1, 0.15) is 13.8 Å².